The number of nitriles is 1. The highest BCUT2D eigenvalue weighted by Crippen LogP contribution is 2.10. The molecule has 0 aliphatic rings. The van der Waals surface area contributed by atoms with Gasteiger partial charge in [-0.2, -0.15) is 10.4 Å². The molecule has 0 aliphatic heterocycles. The molecule has 0 radical (unpaired) electrons. The highest BCUT2D eigenvalue weighted by atomic mass is 16.4. The third-order valence-electron chi connectivity index (χ3n) is 1.59. The Hall–Kier alpha value is -1.83. The Kier molecular flexibility index (Phi) is 1.83. The first kappa shape index (κ1) is 8.27. The third-order valence-corrected chi connectivity index (χ3v) is 1.59. The summed E-state index contributed by atoms with van der Waals surface area (Å²) in [6.45, 7) is 1.56. The van der Waals surface area contributed by atoms with Gasteiger partial charge in [0.1, 0.15) is 11.8 Å². The van der Waals surface area contributed by atoms with Crippen molar-refractivity contribution in [2.75, 3.05) is 0 Å². The molecule has 0 amide bonds. The van der Waals surface area contributed by atoms with Crippen LogP contribution in [-0.4, -0.2) is 20.9 Å². The Labute approximate surface area is 68.8 Å². The quantitative estimate of drug-likeness (QED) is 0.649. The molecule has 0 fully saturated rings. The van der Waals surface area contributed by atoms with E-state index in [1.165, 1.54) is 11.7 Å². The number of hydrogen-bond donors (Lipinski definition) is 1. The number of aromatic nitrogens is 2. The monoisotopic (exact) mass is 165 g/mol. The Morgan fingerprint density at radius 1 is 1.75 bits per heavy atom. The SMILES string of the molecule is Cc1c(C#N)nn(C)c1C(=O)O. The van der Waals surface area contributed by atoms with Gasteiger partial charge in [0, 0.05) is 12.6 Å². The Morgan fingerprint density at radius 3 is 2.58 bits per heavy atom. The van der Waals surface area contributed by atoms with E-state index in [0.717, 1.165) is 0 Å². The van der Waals surface area contributed by atoms with Gasteiger partial charge in [0.25, 0.3) is 0 Å². The van der Waals surface area contributed by atoms with Crippen LogP contribution in [0.5, 0.6) is 0 Å². The largest absolute Gasteiger partial charge is 0.477 e. The maximum Gasteiger partial charge on any atom is 0.354 e. The highest BCUT2D eigenvalue weighted by Gasteiger charge is 2.17. The number of rotatable bonds is 1. The summed E-state index contributed by atoms with van der Waals surface area (Å²) in [6, 6.07) is 1.82. The zero-order valence-electron chi connectivity index (χ0n) is 6.70. The van der Waals surface area contributed by atoms with Gasteiger partial charge < -0.3 is 5.11 Å². The fourth-order valence-electron chi connectivity index (χ4n) is 1.03. The number of carbonyl (C=O) groups is 1. The molecular formula is C7H7N3O2. The van der Waals surface area contributed by atoms with Crippen molar-refractivity contribution in [3.63, 3.8) is 0 Å². The van der Waals surface area contributed by atoms with E-state index in [9.17, 15) is 4.79 Å². The van der Waals surface area contributed by atoms with Crippen molar-refractivity contribution in [3.05, 3.63) is 17.0 Å². The second kappa shape index (κ2) is 2.66. The van der Waals surface area contributed by atoms with E-state index in [4.69, 9.17) is 10.4 Å². The molecule has 62 valence electrons. The second-order valence-electron chi connectivity index (χ2n) is 2.36. The van der Waals surface area contributed by atoms with Crippen LogP contribution in [0.15, 0.2) is 0 Å². The first-order valence-electron chi connectivity index (χ1n) is 3.25. The number of aryl methyl sites for hydroxylation is 1. The normalized spacial score (nSPS) is 9.42. The molecule has 0 aliphatic carbocycles. The zero-order valence-corrected chi connectivity index (χ0v) is 6.70. The number of nitrogens with zero attached hydrogens (tertiary/aromatic N) is 3. The van der Waals surface area contributed by atoms with Gasteiger partial charge in [0.05, 0.1) is 0 Å². The van der Waals surface area contributed by atoms with E-state index in [1.54, 1.807) is 6.92 Å². The molecule has 0 bridgehead atoms. The van der Waals surface area contributed by atoms with Gasteiger partial charge in [0.2, 0.25) is 0 Å². The van der Waals surface area contributed by atoms with Crippen molar-refractivity contribution in [1.29, 1.82) is 5.26 Å². The smallest absolute Gasteiger partial charge is 0.354 e. The van der Waals surface area contributed by atoms with Crippen LogP contribution in [-0.2, 0) is 7.05 Å². The minimum Gasteiger partial charge on any atom is -0.477 e. The zero-order chi connectivity index (χ0) is 9.30. The molecule has 5 nitrogen and oxygen atoms in total. The summed E-state index contributed by atoms with van der Waals surface area (Å²) in [7, 11) is 1.50. The first-order chi connectivity index (χ1) is 5.57. The van der Waals surface area contributed by atoms with Gasteiger partial charge >= 0.3 is 5.97 Å². The predicted molar refractivity (Wildman–Crippen MR) is 39.6 cm³/mol. The predicted octanol–water partition coefficient (Wildman–Crippen LogP) is 0.298. The molecule has 5 heteroatoms. The first-order valence-corrected chi connectivity index (χ1v) is 3.25. The number of carboxylic acids is 1. The molecule has 1 aromatic heterocycles. The second-order valence-corrected chi connectivity index (χ2v) is 2.36. The average Bonchev–Trinajstić information content (AvgIpc) is 2.25. The number of hydrogen-bond acceptors (Lipinski definition) is 3. The van der Waals surface area contributed by atoms with Crippen LogP contribution in [0.4, 0.5) is 0 Å². The fraction of sp³-hybridized carbons (Fsp3) is 0.286. The van der Waals surface area contributed by atoms with E-state index >= 15 is 0 Å². The maximum atomic E-state index is 10.6. The Morgan fingerprint density at radius 2 is 2.33 bits per heavy atom. The van der Waals surface area contributed by atoms with Crippen LogP contribution in [0.3, 0.4) is 0 Å². The van der Waals surface area contributed by atoms with E-state index < -0.39 is 5.97 Å². The lowest BCUT2D eigenvalue weighted by Crippen LogP contribution is -2.06. The third kappa shape index (κ3) is 1.03. The number of carboxylic acid groups (broad SMARTS) is 1. The van der Waals surface area contributed by atoms with E-state index in [2.05, 4.69) is 5.10 Å². The maximum absolute atomic E-state index is 10.6. The van der Waals surface area contributed by atoms with Gasteiger partial charge in [-0.3, -0.25) is 4.68 Å². The summed E-state index contributed by atoms with van der Waals surface area (Å²) in [5.74, 6) is -1.07. The van der Waals surface area contributed by atoms with Crippen LogP contribution in [0.1, 0.15) is 21.7 Å². The van der Waals surface area contributed by atoms with Crippen molar-refractivity contribution in [2.45, 2.75) is 6.92 Å². The number of aromatic carboxylic acids is 1. The lowest BCUT2D eigenvalue weighted by Gasteiger charge is -1.93. The summed E-state index contributed by atoms with van der Waals surface area (Å²) in [5.41, 5.74) is 0.633. The topological polar surface area (TPSA) is 78.9 Å². The Balaban J connectivity index is 3.40. The molecule has 1 rings (SSSR count). The molecule has 0 saturated carbocycles. The molecule has 1 heterocycles. The van der Waals surface area contributed by atoms with Crippen LogP contribution >= 0.6 is 0 Å². The lowest BCUT2D eigenvalue weighted by atomic mass is 10.2. The van der Waals surface area contributed by atoms with Crippen LogP contribution in [0, 0.1) is 18.3 Å². The van der Waals surface area contributed by atoms with Gasteiger partial charge in [-0.05, 0) is 6.92 Å². The van der Waals surface area contributed by atoms with Crippen molar-refractivity contribution in [2.24, 2.45) is 7.05 Å². The van der Waals surface area contributed by atoms with E-state index in [0.29, 0.717) is 5.56 Å². The summed E-state index contributed by atoms with van der Waals surface area (Å²) in [6.07, 6.45) is 0. The summed E-state index contributed by atoms with van der Waals surface area (Å²) in [5, 5.41) is 20.9. The molecule has 0 aromatic carbocycles. The fourth-order valence-corrected chi connectivity index (χ4v) is 1.03. The van der Waals surface area contributed by atoms with Gasteiger partial charge in [-0.25, -0.2) is 4.79 Å². The molecule has 1 aromatic rings. The molecule has 0 atom stereocenters. The minimum absolute atomic E-state index is 0.0616. The average molecular weight is 165 g/mol. The Bertz CT molecular complexity index is 373. The highest BCUT2D eigenvalue weighted by molar-refractivity contribution is 5.87. The molecule has 12 heavy (non-hydrogen) atoms. The molecule has 0 unspecified atom stereocenters. The molecular weight excluding hydrogens is 158 g/mol. The van der Waals surface area contributed by atoms with Crippen LogP contribution in [0.25, 0.3) is 0 Å². The van der Waals surface area contributed by atoms with Gasteiger partial charge in [0.15, 0.2) is 5.69 Å². The van der Waals surface area contributed by atoms with Crippen molar-refractivity contribution in [3.8, 4) is 6.07 Å². The summed E-state index contributed by atoms with van der Waals surface area (Å²) >= 11 is 0. The minimum atomic E-state index is -1.07. The van der Waals surface area contributed by atoms with Crippen molar-refractivity contribution < 1.29 is 9.90 Å². The summed E-state index contributed by atoms with van der Waals surface area (Å²) < 4.78 is 1.19. The van der Waals surface area contributed by atoms with E-state index in [1.807, 2.05) is 6.07 Å². The van der Waals surface area contributed by atoms with Crippen LogP contribution < -0.4 is 0 Å². The van der Waals surface area contributed by atoms with Crippen LogP contribution in [0.2, 0.25) is 0 Å². The molecule has 0 saturated heterocycles. The standard InChI is InChI=1S/C7H7N3O2/c1-4-5(3-8)9-10(2)6(4)7(11)12/h1-2H3,(H,11,12). The van der Waals surface area contributed by atoms with Crippen molar-refractivity contribution >= 4 is 5.97 Å². The molecule has 0 spiro atoms. The lowest BCUT2D eigenvalue weighted by molar-refractivity contribution is 0.0684. The van der Waals surface area contributed by atoms with Crippen molar-refractivity contribution in [1.82, 2.24) is 9.78 Å². The van der Waals surface area contributed by atoms with E-state index in [-0.39, 0.29) is 11.4 Å². The summed E-state index contributed by atoms with van der Waals surface area (Å²) in [4.78, 5) is 10.6. The molecule has 1 N–H and O–H groups in total. The van der Waals surface area contributed by atoms with Gasteiger partial charge in [-0.15, -0.1) is 0 Å². The van der Waals surface area contributed by atoms with Gasteiger partial charge in [-0.1, -0.05) is 0 Å².